The van der Waals surface area contributed by atoms with Crippen LogP contribution < -0.4 is 5.73 Å². The topological polar surface area (TPSA) is 98.8 Å². The van der Waals surface area contributed by atoms with Gasteiger partial charge in [0, 0.05) is 18.8 Å². The van der Waals surface area contributed by atoms with Crippen molar-refractivity contribution in [1.29, 1.82) is 0 Å². The van der Waals surface area contributed by atoms with E-state index in [1.54, 1.807) is 0 Å². The second kappa shape index (κ2) is 11.2. The summed E-state index contributed by atoms with van der Waals surface area (Å²) in [4.78, 5) is 19.8. The zero-order chi connectivity index (χ0) is 20.5. The van der Waals surface area contributed by atoms with Crippen LogP contribution in [0.5, 0.6) is 0 Å². The first kappa shape index (κ1) is 23.2. The third-order valence-electron chi connectivity index (χ3n) is 5.47. The van der Waals surface area contributed by atoms with E-state index in [4.69, 9.17) is 15.0 Å². The van der Waals surface area contributed by atoms with Gasteiger partial charge >= 0.3 is 7.60 Å². The molecular formula is C21H34NO5P. The molecule has 0 aliphatic heterocycles. The van der Waals surface area contributed by atoms with Crippen molar-refractivity contribution < 1.29 is 23.5 Å². The zero-order valence-electron chi connectivity index (χ0n) is 16.8. The molecule has 1 aromatic carbocycles. The summed E-state index contributed by atoms with van der Waals surface area (Å²) in [5.41, 5.74) is 8.25. The van der Waals surface area contributed by atoms with E-state index in [9.17, 15) is 14.3 Å². The van der Waals surface area contributed by atoms with Gasteiger partial charge in [0.15, 0.2) is 0 Å². The number of aryl methyl sites for hydroxylation is 1. The smallest absolute Gasteiger partial charge is 0.382 e. The van der Waals surface area contributed by atoms with Crippen molar-refractivity contribution in [3.63, 3.8) is 0 Å². The second-order valence-corrected chi connectivity index (χ2v) is 9.45. The van der Waals surface area contributed by atoms with Crippen LogP contribution in [0.15, 0.2) is 24.3 Å². The zero-order valence-corrected chi connectivity index (χ0v) is 17.7. The Labute approximate surface area is 168 Å². The van der Waals surface area contributed by atoms with Crippen molar-refractivity contribution in [1.82, 2.24) is 0 Å². The van der Waals surface area contributed by atoms with Crippen LogP contribution in [0.3, 0.4) is 0 Å². The molecule has 3 atom stereocenters. The molecule has 0 spiro atoms. The standard InChI is InChI=1S/C21H34NO5P/c1-2-26-14-6-4-3-5-7-18-8-10-19(11-9-18)20-12-13-21(22,15-20)16-27-28(24,25)17-23/h8-11,17,20H,2-7,12-16,22H2,1H3,(H,24,25)/t20-,21+/m0/s1. The lowest BCUT2D eigenvalue weighted by Gasteiger charge is -2.24. The van der Waals surface area contributed by atoms with Crippen LogP contribution in [0, 0.1) is 0 Å². The van der Waals surface area contributed by atoms with E-state index in [0.717, 1.165) is 32.5 Å². The average Bonchev–Trinajstić information content (AvgIpc) is 3.09. The Bertz CT molecular complexity index is 651. The van der Waals surface area contributed by atoms with E-state index >= 15 is 0 Å². The molecule has 1 unspecified atom stereocenters. The molecule has 3 N–H and O–H groups in total. The van der Waals surface area contributed by atoms with Crippen LogP contribution in [-0.2, 0) is 25.0 Å². The van der Waals surface area contributed by atoms with Crippen LogP contribution in [0.2, 0.25) is 0 Å². The quantitative estimate of drug-likeness (QED) is 0.287. The summed E-state index contributed by atoms with van der Waals surface area (Å²) >= 11 is 0. The SMILES string of the molecule is CCOCCCCCCc1ccc([C@H]2CC[C@](N)(COP(=O)(O)C=O)C2)cc1. The maximum absolute atomic E-state index is 11.3. The molecule has 1 aromatic rings. The van der Waals surface area contributed by atoms with Crippen LogP contribution in [-0.4, -0.2) is 36.3 Å². The molecule has 0 saturated heterocycles. The summed E-state index contributed by atoms with van der Waals surface area (Å²) in [5, 5.41) is 0. The molecule has 1 saturated carbocycles. The van der Waals surface area contributed by atoms with Gasteiger partial charge in [-0.05, 0) is 62.5 Å². The molecule has 0 amide bonds. The van der Waals surface area contributed by atoms with Crippen molar-refractivity contribution in [2.24, 2.45) is 5.73 Å². The van der Waals surface area contributed by atoms with Gasteiger partial charge in [-0.3, -0.25) is 9.36 Å². The number of hydrogen-bond acceptors (Lipinski definition) is 5. The fourth-order valence-electron chi connectivity index (χ4n) is 3.81. The maximum Gasteiger partial charge on any atom is 0.391 e. The Morgan fingerprint density at radius 2 is 1.96 bits per heavy atom. The molecule has 6 nitrogen and oxygen atoms in total. The Balaban J connectivity index is 1.74. The summed E-state index contributed by atoms with van der Waals surface area (Å²) in [6.45, 7) is 3.62. The third kappa shape index (κ3) is 7.76. The highest BCUT2D eigenvalue weighted by molar-refractivity contribution is 7.68. The number of carbonyl (C=O) groups is 1. The molecule has 0 radical (unpaired) electrons. The molecule has 1 aliphatic rings. The summed E-state index contributed by atoms with van der Waals surface area (Å²) in [6.07, 6.45) is 8.16. The Morgan fingerprint density at radius 1 is 1.25 bits per heavy atom. The number of nitrogens with two attached hydrogens (primary N) is 1. The van der Waals surface area contributed by atoms with Gasteiger partial charge in [0.1, 0.15) is 0 Å². The fourth-order valence-corrected chi connectivity index (χ4v) is 4.31. The van der Waals surface area contributed by atoms with E-state index in [1.165, 1.54) is 30.4 Å². The number of ether oxygens (including phenoxy) is 1. The van der Waals surface area contributed by atoms with Gasteiger partial charge in [-0.15, -0.1) is 0 Å². The first-order valence-corrected chi connectivity index (χ1v) is 11.9. The predicted octanol–water partition coefficient (Wildman–Crippen LogP) is 4.18. The molecular weight excluding hydrogens is 377 g/mol. The molecule has 0 bridgehead atoms. The monoisotopic (exact) mass is 411 g/mol. The first-order valence-electron chi connectivity index (χ1n) is 10.3. The number of unbranched alkanes of at least 4 members (excludes halogenated alkanes) is 3. The Morgan fingerprint density at radius 3 is 2.64 bits per heavy atom. The van der Waals surface area contributed by atoms with E-state index in [2.05, 4.69) is 24.3 Å². The van der Waals surface area contributed by atoms with Gasteiger partial charge in [0.25, 0.3) is 0 Å². The van der Waals surface area contributed by atoms with E-state index in [-0.39, 0.29) is 12.6 Å². The first-order chi connectivity index (χ1) is 13.4. The number of carbonyl (C=O) groups excluding carboxylic acids is 1. The van der Waals surface area contributed by atoms with Crippen molar-refractivity contribution in [3.8, 4) is 0 Å². The normalized spacial score (nSPS) is 24.2. The highest BCUT2D eigenvalue weighted by Crippen LogP contribution is 2.44. The van der Waals surface area contributed by atoms with Crippen molar-refractivity contribution in [2.75, 3.05) is 19.8 Å². The number of rotatable bonds is 13. The minimum absolute atomic E-state index is 0.0412. The van der Waals surface area contributed by atoms with Crippen LogP contribution in [0.25, 0.3) is 0 Å². The summed E-state index contributed by atoms with van der Waals surface area (Å²) < 4.78 is 21.6. The van der Waals surface area contributed by atoms with Crippen LogP contribution in [0.4, 0.5) is 0 Å². The van der Waals surface area contributed by atoms with Gasteiger partial charge in [-0.2, -0.15) is 0 Å². The van der Waals surface area contributed by atoms with Crippen LogP contribution in [0.1, 0.15) is 68.9 Å². The second-order valence-electron chi connectivity index (χ2n) is 7.85. The largest absolute Gasteiger partial charge is 0.391 e. The van der Waals surface area contributed by atoms with Gasteiger partial charge < -0.3 is 19.9 Å². The number of benzene rings is 1. The summed E-state index contributed by atoms with van der Waals surface area (Å²) in [5.74, 6) is 0.315. The molecule has 0 aromatic heterocycles. The molecule has 28 heavy (non-hydrogen) atoms. The lowest BCUT2D eigenvalue weighted by molar-refractivity contribution is 0.143. The molecule has 2 rings (SSSR count). The average molecular weight is 411 g/mol. The molecule has 7 heteroatoms. The molecule has 0 heterocycles. The molecule has 158 valence electrons. The minimum atomic E-state index is -4.16. The van der Waals surface area contributed by atoms with Gasteiger partial charge in [0.05, 0.1) is 6.61 Å². The Hall–Kier alpha value is -1.04. The summed E-state index contributed by atoms with van der Waals surface area (Å²) in [6, 6.07) is 8.68. The van der Waals surface area contributed by atoms with Crippen molar-refractivity contribution in [3.05, 3.63) is 35.4 Å². The predicted molar refractivity (Wildman–Crippen MR) is 111 cm³/mol. The Kier molecular flexibility index (Phi) is 9.32. The molecule has 1 aliphatic carbocycles. The van der Waals surface area contributed by atoms with Crippen molar-refractivity contribution >= 4 is 13.6 Å². The van der Waals surface area contributed by atoms with Crippen molar-refractivity contribution in [2.45, 2.75) is 69.7 Å². The lowest BCUT2D eigenvalue weighted by Crippen LogP contribution is -2.41. The van der Waals surface area contributed by atoms with Gasteiger partial charge in [-0.25, -0.2) is 0 Å². The maximum atomic E-state index is 11.3. The lowest BCUT2D eigenvalue weighted by atomic mass is 9.92. The third-order valence-corrected chi connectivity index (χ3v) is 6.24. The number of hydrogen-bond donors (Lipinski definition) is 2. The highest BCUT2D eigenvalue weighted by Gasteiger charge is 2.38. The van der Waals surface area contributed by atoms with Gasteiger partial charge in [0.2, 0.25) is 6.03 Å². The van der Waals surface area contributed by atoms with E-state index in [1.807, 2.05) is 6.92 Å². The van der Waals surface area contributed by atoms with E-state index in [0.29, 0.717) is 18.8 Å². The van der Waals surface area contributed by atoms with Crippen LogP contribution >= 0.6 is 7.60 Å². The fraction of sp³-hybridized carbons (Fsp3) is 0.667. The summed E-state index contributed by atoms with van der Waals surface area (Å²) in [7, 11) is -4.16. The highest BCUT2D eigenvalue weighted by atomic mass is 31.2. The van der Waals surface area contributed by atoms with Gasteiger partial charge in [-0.1, -0.05) is 37.1 Å². The van der Waals surface area contributed by atoms with E-state index < -0.39 is 13.1 Å². The molecule has 1 fully saturated rings. The minimum Gasteiger partial charge on any atom is -0.382 e.